The summed E-state index contributed by atoms with van der Waals surface area (Å²) >= 11 is 6.57. The number of rotatable bonds is 5. The van der Waals surface area contributed by atoms with E-state index in [4.69, 9.17) is 11.6 Å². The van der Waals surface area contributed by atoms with Crippen molar-refractivity contribution in [2.24, 2.45) is 0 Å². The molecular weight excluding hydrogens is 412 g/mol. The van der Waals surface area contributed by atoms with Crippen molar-refractivity contribution in [2.45, 2.75) is 20.4 Å². The topological polar surface area (TPSA) is 58.4 Å². The number of anilines is 1. The fraction of sp³-hybridized carbons (Fsp3) is 0.292. The molecule has 1 saturated heterocycles. The number of nitrogens with zero attached hydrogens (tertiary/aromatic N) is 4. The molecule has 2 heterocycles. The van der Waals surface area contributed by atoms with Crippen LogP contribution in [0.25, 0.3) is 0 Å². The normalized spacial score (nSPS) is 14.0. The van der Waals surface area contributed by atoms with Gasteiger partial charge in [-0.1, -0.05) is 41.9 Å². The number of aryl methyl sites for hydroxylation is 1. The number of carbonyl (C=O) groups excluding carboxylic acids is 2. The quantitative estimate of drug-likeness (QED) is 0.566. The van der Waals surface area contributed by atoms with E-state index in [-0.39, 0.29) is 11.7 Å². The van der Waals surface area contributed by atoms with E-state index in [2.05, 4.69) is 10.00 Å². The maximum atomic E-state index is 13.2. The molecule has 0 atom stereocenters. The van der Waals surface area contributed by atoms with Gasteiger partial charge in [0.15, 0.2) is 5.78 Å². The van der Waals surface area contributed by atoms with Crippen molar-refractivity contribution in [2.75, 3.05) is 31.1 Å². The number of halogens is 1. The summed E-state index contributed by atoms with van der Waals surface area (Å²) in [5, 5.41) is 4.89. The number of aromatic nitrogens is 2. The van der Waals surface area contributed by atoms with Gasteiger partial charge in [-0.25, -0.2) is 4.68 Å². The molecule has 31 heavy (non-hydrogen) atoms. The third-order valence-electron chi connectivity index (χ3n) is 5.66. The van der Waals surface area contributed by atoms with E-state index < -0.39 is 0 Å². The molecule has 1 fully saturated rings. The lowest BCUT2D eigenvalue weighted by Crippen LogP contribution is -2.49. The van der Waals surface area contributed by atoms with Gasteiger partial charge in [0.25, 0.3) is 5.91 Å². The first kappa shape index (κ1) is 21.1. The van der Waals surface area contributed by atoms with E-state index in [9.17, 15) is 9.59 Å². The summed E-state index contributed by atoms with van der Waals surface area (Å²) in [4.78, 5) is 28.7. The van der Waals surface area contributed by atoms with Gasteiger partial charge in [-0.15, -0.1) is 0 Å². The molecule has 1 amide bonds. The average Bonchev–Trinajstić information content (AvgIpc) is 3.07. The Bertz CT molecular complexity index is 1080. The fourth-order valence-corrected chi connectivity index (χ4v) is 4.21. The van der Waals surface area contributed by atoms with Gasteiger partial charge in [0.2, 0.25) is 0 Å². The van der Waals surface area contributed by atoms with Crippen LogP contribution in [0.15, 0.2) is 54.6 Å². The number of piperazine rings is 1. The highest BCUT2D eigenvalue weighted by molar-refractivity contribution is 6.33. The molecule has 0 N–H and O–H groups in total. The zero-order valence-electron chi connectivity index (χ0n) is 17.7. The second-order valence-electron chi connectivity index (χ2n) is 7.78. The first-order valence-corrected chi connectivity index (χ1v) is 10.7. The highest BCUT2D eigenvalue weighted by Gasteiger charge is 2.28. The summed E-state index contributed by atoms with van der Waals surface area (Å²) in [7, 11) is 0. The summed E-state index contributed by atoms with van der Waals surface area (Å²) < 4.78 is 1.69. The molecule has 0 aliphatic carbocycles. The standard InChI is InChI=1S/C24H25ClN4O2/c1-17-22(23(25)29(26-17)16-19-6-4-3-5-7-19)24(31)28-14-12-27(13-15-28)21-10-8-20(9-11-21)18(2)30/h3-11H,12-16H2,1-2H3. The van der Waals surface area contributed by atoms with Crippen LogP contribution in [0.3, 0.4) is 0 Å². The van der Waals surface area contributed by atoms with E-state index in [1.165, 1.54) is 0 Å². The average molecular weight is 437 g/mol. The Hall–Kier alpha value is -3.12. The SMILES string of the molecule is CC(=O)c1ccc(N2CCN(C(=O)c3c(C)nn(Cc4ccccc4)c3Cl)CC2)cc1. The molecule has 4 rings (SSSR count). The minimum atomic E-state index is -0.0756. The van der Waals surface area contributed by atoms with Crippen LogP contribution in [-0.4, -0.2) is 52.5 Å². The van der Waals surface area contributed by atoms with Crippen LogP contribution >= 0.6 is 11.6 Å². The van der Waals surface area contributed by atoms with Crippen molar-refractivity contribution < 1.29 is 9.59 Å². The van der Waals surface area contributed by atoms with Gasteiger partial charge in [0, 0.05) is 37.4 Å². The number of Topliss-reactive ketones (excluding diaryl/α,β-unsaturated/α-hetero) is 1. The lowest BCUT2D eigenvalue weighted by molar-refractivity contribution is 0.0746. The molecule has 160 valence electrons. The van der Waals surface area contributed by atoms with Gasteiger partial charge in [-0.3, -0.25) is 9.59 Å². The summed E-state index contributed by atoms with van der Waals surface area (Å²) in [6.07, 6.45) is 0. The summed E-state index contributed by atoms with van der Waals surface area (Å²) in [6, 6.07) is 17.5. The molecule has 6 nitrogen and oxygen atoms in total. The van der Waals surface area contributed by atoms with Crippen LogP contribution < -0.4 is 4.90 Å². The summed E-state index contributed by atoms with van der Waals surface area (Å²) in [6.45, 7) is 6.57. The Balaban J connectivity index is 1.43. The lowest BCUT2D eigenvalue weighted by atomic mass is 10.1. The van der Waals surface area contributed by atoms with Crippen molar-refractivity contribution >= 4 is 29.0 Å². The molecule has 0 bridgehead atoms. The molecule has 1 aliphatic rings. The van der Waals surface area contributed by atoms with Crippen molar-refractivity contribution in [1.29, 1.82) is 0 Å². The first-order chi connectivity index (χ1) is 14.9. The van der Waals surface area contributed by atoms with E-state index in [0.29, 0.717) is 41.6 Å². The Labute approximate surface area is 187 Å². The molecule has 1 aromatic heterocycles. The Morgan fingerprint density at radius 3 is 2.23 bits per heavy atom. The third kappa shape index (κ3) is 4.49. The Morgan fingerprint density at radius 2 is 1.61 bits per heavy atom. The third-order valence-corrected chi connectivity index (χ3v) is 6.04. The van der Waals surface area contributed by atoms with Crippen LogP contribution in [0.2, 0.25) is 5.15 Å². The molecular formula is C24H25ClN4O2. The maximum Gasteiger partial charge on any atom is 0.259 e. The van der Waals surface area contributed by atoms with Gasteiger partial charge in [0.1, 0.15) is 5.15 Å². The minimum Gasteiger partial charge on any atom is -0.368 e. The van der Waals surface area contributed by atoms with E-state index in [1.54, 1.807) is 11.6 Å². The van der Waals surface area contributed by atoms with Gasteiger partial charge >= 0.3 is 0 Å². The van der Waals surface area contributed by atoms with Crippen LogP contribution in [0.1, 0.15) is 38.9 Å². The predicted molar refractivity (Wildman–Crippen MR) is 122 cm³/mol. The maximum absolute atomic E-state index is 13.2. The predicted octanol–water partition coefficient (Wildman–Crippen LogP) is 4.06. The van der Waals surface area contributed by atoms with Gasteiger partial charge in [-0.05, 0) is 43.7 Å². The smallest absolute Gasteiger partial charge is 0.259 e. The summed E-state index contributed by atoms with van der Waals surface area (Å²) in [5.74, 6) is -0.0181. The number of amides is 1. The van der Waals surface area contributed by atoms with Gasteiger partial charge in [0.05, 0.1) is 17.8 Å². The second kappa shape index (κ2) is 8.94. The van der Waals surface area contributed by atoms with E-state index >= 15 is 0 Å². The Morgan fingerprint density at radius 1 is 0.968 bits per heavy atom. The number of benzene rings is 2. The number of hydrogen-bond acceptors (Lipinski definition) is 4. The van der Waals surface area contributed by atoms with Gasteiger partial charge < -0.3 is 9.80 Å². The highest BCUT2D eigenvalue weighted by atomic mass is 35.5. The van der Waals surface area contributed by atoms with Crippen LogP contribution in [0.4, 0.5) is 5.69 Å². The Kier molecular flexibility index (Phi) is 6.09. The number of hydrogen-bond donors (Lipinski definition) is 0. The zero-order chi connectivity index (χ0) is 22.0. The van der Waals surface area contributed by atoms with Crippen LogP contribution in [-0.2, 0) is 6.54 Å². The second-order valence-corrected chi connectivity index (χ2v) is 8.13. The number of ketones is 1. The molecule has 0 spiro atoms. The molecule has 2 aromatic carbocycles. The highest BCUT2D eigenvalue weighted by Crippen LogP contribution is 2.24. The molecule has 0 radical (unpaired) electrons. The largest absolute Gasteiger partial charge is 0.368 e. The van der Waals surface area contributed by atoms with Crippen LogP contribution in [0.5, 0.6) is 0 Å². The first-order valence-electron chi connectivity index (χ1n) is 10.4. The molecule has 0 unspecified atom stereocenters. The minimum absolute atomic E-state index is 0.0574. The van der Waals surface area contributed by atoms with Crippen molar-refractivity contribution in [3.63, 3.8) is 0 Å². The van der Waals surface area contributed by atoms with Gasteiger partial charge in [-0.2, -0.15) is 5.10 Å². The van der Waals surface area contributed by atoms with Crippen molar-refractivity contribution in [3.05, 3.63) is 82.1 Å². The van der Waals surface area contributed by atoms with Crippen LogP contribution in [0, 0.1) is 6.92 Å². The molecule has 1 aliphatic heterocycles. The summed E-state index contributed by atoms with van der Waals surface area (Å²) in [5.41, 5.74) is 3.97. The van der Waals surface area contributed by atoms with E-state index in [0.717, 1.165) is 24.3 Å². The monoisotopic (exact) mass is 436 g/mol. The van der Waals surface area contributed by atoms with Crippen molar-refractivity contribution in [1.82, 2.24) is 14.7 Å². The number of carbonyl (C=O) groups is 2. The van der Waals surface area contributed by atoms with Crippen molar-refractivity contribution in [3.8, 4) is 0 Å². The lowest BCUT2D eigenvalue weighted by Gasteiger charge is -2.36. The van der Waals surface area contributed by atoms with E-state index in [1.807, 2.05) is 66.4 Å². The molecule has 0 saturated carbocycles. The zero-order valence-corrected chi connectivity index (χ0v) is 18.5. The molecule has 3 aromatic rings. The molecule has 7 heteroatoms. The fourth-order valence-electron chi connectivity index (χ4n) is 3.89.